The highest BCUT2D eigenvalue weighted by Crippen LogP contribution is 2.21. The van der Waals surface area contributed by atoms with Gasteiger partial charge in [0.15, 0.2) is 5.76 Å². The maximum atomic E-state index is 11.7. The summed E-state index contributed by atoms with van der Waals surface area (Å²) in [5.41, 5.74) is 3.22. The van der Waals surface area contributed by atoms with Crippen LogP contribution in [-0.4, -0.2) is 60.4 Å². The lowest BCUT2D eigenvalue weighted by Gasteiger charge is -2.33. The molecule has 1 amide bonds. The van der Waals surface area contributed by atoms with Gasteiger partial charge in [-0.25, -0.2) is 4.79 Å². The van der Waals surface area contributed by atoms with E-state index in [1.54, 1.807) is 4.90 Å². The van der Waals surface area contributed by atoms with Gasteiger partial charge in [-0.3, -0.25) is 4.90 Å². The van der Waals surface area contributed by atoms with Gasteiger partial charge in [0.25, 0.3) is 0 Å². The Morgan fingerprint density at radius 2 is 2.04 bits per heavy atom. The number of piperazine rings is 1. The molecular weight excluding hydrogens is 318 g/mol. The highest BCUT2D eigenvalue weighted by molar-refractivity contribution is 5.67. The number of carbonyl (C=O) groups excluding carboxylic acids is 1. The summed E-state index contributed by atoms with van der Waals surface area (Å²) in [5.74, 6) is 0.811. The number of ether oxygens (including phenoxy) is 1. The molecule has 2 heterocycles. The maximum absolute atomic E-state index is 11.7. The molecular formula is C19H25N3O3. The van der Waals surface area contributed by atoms with E-state index in [4.69, 9.17) is 9.26 Å². The molecule has 1 aromatic heterocycles. The molecule has 6 nitrogen and oxygen atoms in total. The zero-order valence-corrected chi connectivity index (χ0v) is 14.9. The number of aryl methyl sites for hydroxylation is 1. The summed E-state index contributed by atoms with van der Waals surface area (Å²) >= 11 is 0. The van der Waals surface area contributed by atoms with Gasteiger partial charge in [-0.1, -0.05) is 28.9 Å². The van der Waals surface area contributed by atoms with Gasteiger partial charge < -0.3 is 14.2 Å². The fourth-order valence-electron chi connectivity index (χ4n) is 3.01. The Bertz CT molecular complexity index is 705. The first-order chi connectivity index (χ1) is 12.2. The van der Waals surface area contributed by atoms with Crippen LogP contribution in [0.15, 0.2) is 34.9 Å². The molecule has 6 heteroatoms. The summed E-state index contributed by atoms with van der Waals surface area (Å²) in [4.78, 5) is 15.8. The zero-order chi connectivity index (χ0) is 17.6. The summed E-state index contributed by atoms with van der Waals surface area (Å²) in [6.07, 6.45) is 0.635. The molecule has 0 unspecified atom stereocenters. The number of rotatable bonds is 5. The Balaban J connectivity index is 1.48. The molecule has 0 atom stereocenters. The first-order valence-corrected chi connectivity index (χ1v) is 8.82. The quantitative estimate of drug-likeness (QED) is 0.835. The molecule has 0 N–H and O–H groups in total. The fourth-order valence-corrected chi connectivity index (χ4v) is 3.01. The van der Waals surface area contributed by atoms with Gasteiger partial charge in [0.2, 0.25) is 0 Å². The van der Waals surface area contributed by atoms with E-state index in [0.29, 0.717) is 19.7 Å². The van der Waals surface area contributed by atoms with E-state index < -0.39 is 0 Å². The second-order valence-corrected chi connectivity index (χ2v) is 6.33. The van der Waals surface area contributed by atoms with Crippen LogP contribution < -0.4 is 0 Å². The van der Waals surface area contributed by atoms with E-state index in [-0.39, 0.29) is 6.09 Å². The molecule has 2 aromatic rings. The number of amides is 1. The van der Waals surface area contributed by atoms with Crippen molar-refractivity contribution in [3.05, 3.63) is 41.6 Å². The lowest BCUT2D eigenvalue weighted by molar-refractivity contribution is 0.0798. The lowest BCUT2D eigenvalue weighted by atomic mass is 10.1. The van der Waals surface area contributed by atoms with Crippen molar-refractivity contribution in [2.24, 2.45) is 0 Å². The summed E-state index contributed by atoms with van der Waals surface area (Å²) in [6, 6.07) is 10.2. The van der Waals surface area contributed by atoms with Crippen LogP contribution in [0.1, 0.15) is 18.2 Å². The van der Waals surface area contributed by atoms with Crippen LogP contribution in [0.2, 0.25) is 0 Å². The molecule has 1 fully saturated rings. The third-order valence-corrected chi connectivity index (χ3v) is 4.44. The normalized spacial score (nSPS) is 15.4. The molecule has 1 aromatic carbocycles. The number of benzene rings is 1. The molecule has 0 radical (unpaired) electrons. The van der Waals surface area contributed by atoms with Gasteiger partial charge in [0, 0.05) is 50.8 Å². The predicted molar refractivity (Wildman–Crippen MR) is 95.4 cm³/mol. The molecule has 1 aliphatic rings. The van der Waals surface area contributed by atoms with E-state index in [1.807, 2.05) is 25.1 Å². The average molecular weight is 343 g/mol. The smallest absolute Gasteiger partial charge is 0.409 e. The third-order valence-electron chi connectivity index (χ3n) is 4.44. The molecule has 3 rings (SSSR count). The van der Waals surface area contributed by atoms with Gasteiger partial charge >= 0.3 is 6.09 Å². The molecule has 0 aliphatic carbocycles. The van der Waals surface area contributed by atoms with E-state index in [9.17, 15) is 4.79 Å². The maximum Gasteiger partial charge on any atom is 0.409 e. The van der Waals surface area contributed by atoms with E-state index in [2.05, 4.69) is 29.1 Å². The first kappa shape index (κ1) is 17.5. The fraction of sp³-hybridized carbons (Fsp3) is 0.474. The van der Waals surface area contributed by atoms with E-state index in [0.717, 1.165) is 43.1 Å². The Labute approximate surface area is 148 Å². The predicted octanol–water partition coefficient (Wildman–Crippen LogP) is 2.97. The highest BCUT2D eigenvalue weighted by Gasteiger charge is 2.21. The number of hydrogen-bond donors (Lipinski definition) is 0. The van der Waals surface area contributed by atoms with Crippen molar-refractivity contribution in [3.8, 4) is 11.3 Å². The third kappa shape index (κ3) is 4.60. The zero-order valence-electron chi connectivity index (χ0n) is 14.9. The summed E-state index contributed by atoms with van der Waals surface area (Å²) in [5, 5.41) is 4.19. The number of nitrogens with zero attached hydrogens (tertiary/aromatic N) is 3. The molecule has 0 saturated carbocycles. The first-order valence-electron chi connectivity index (χ1n) is 8.82. The van der Waals surface area contributed by atoms with Gasteiger partial charge in [-0.05, 0) is 19.9 Å². The average Bonchev–Trinajstić information content (AvgIpc) is 3.10. The van der Waals surface area contributed by atoms with Crippen LogP contribution in [-0.2, 0) is 11.2 Å². The second-order valence-electron chi connectivity index (χ2n) is 6.33. The molecule has 25 heavy (non-hydrogen) atoms. The number of hydrogen-bond acceptors (Lipinski definition) is 5. The minimum Gasteiger partial charge on any atom is -0.450 e. The second kappa shape index (κ2) is 8.16. The van der Waals surface area contributed by atoms with Crippen molar-refractivity contribution in [2.75, 3.05) is 39.3 Å². The molecule has 1 aliphatic heterocycles. The van der Waals surface area contributed by atoms with Crippen molar-refractivity contribution in [1.29, 1.82) is 0 Å². The van der Waals surface area contributed by atoms with Gasteiger partial charge in [-0.2, -0.15) is 0 Å². The Morgan fingerprint density at radius 1 is 1.24 bits per heavy atom. The van der Waals surface area contributed by atoms with Crippen molar-refractivity contribution in [3.63, 3.8) is 0 Å². The van der Waals surface area contributed by atoms with Gasteiger partial charge in [0.1, 0.15) is 0 Å². The summed E-state index contributed by atoms with van der Waals surface area (Å²) in [6.45, 7) is 8.39. The van der Waals surface area contributed by atoms with Crippen molar-refractivity contribution < 1.29 is 14.1 Å². The SMILES string of the molecule is CCOC(=O)N1CCN(CCc2cc(-c3cccc(C)c3)on2)CC1. The molecule has 0 bridgehead atoms. The van der Waals surface area contributed by atoms with Crippen LogP contribution in [0.25, 0.3) is 11.3 Å². The van der Waals surface area contributed by atoms with Gasteiger partial charge in [0.05, 0.1) is 12.3 Å². The minimum absolute atomic E-state index is 0.207. The number of aromatic nitrogens is 1. The summed E-state index contributed by atoms with van der Waals surface area (Å²) < 4.78 is 10.5. The van der Waals surface area contributed by atoms with Crippen LogP contribution >= 0.6 is 0 Å². The topological polar surface area (TPSA) is 58.8 Å². The minimum atomic E-state index is -0.207. The Kier molecular flexibility index (Phi) is 5.71. The standard InChI is InChI=1S/C19H25N3O3/c1-3-24-19(23)22-11-9-21(10-12-22)8-7-17-14-18(25-20-17)16-6-4-5-15(2)13-16/h4-6,13-14H,3,7-12H2,1-2H3. The number of carbonyl (C=O) groups is 1. The van der Waals surface area contributed by atoms with E-state index >= 15 is 0 Å². The largest absolute Gasteiger partial charge is 0.450 e. The van der Waals surface area contributed by atoms with Gasteiger partial charge in [-0.15, -0.1) is 0 Å². The van der Waals surface area contributed by atoms with Crippen LogP contribution in [0.4, 0.5) is 4.79 Å². The van der Waals surface area contributed by atoms with E-state index in [1.165, 1.54) is 5.56 Å². The van der Waals surface area contributed by atoms with Crippen LogP contribution in [0.3, 0.4) is 0 Å². The lowest BCUT2D eigenvalue weighted by Crippen LogP contribution is -2.49. The molecule has 0 spiro atoms. The van der Waals surface area contributed by atoms with Crippen molar-refractivity contribution in [2.45, 2.75) is 20.3 Å². The Hall–Kier alpha value is -2.34. The van der Waals surface area contributed by atoms with Crippen LogP contribution in [0, 0.1) is 6.92 Å². The highest BCUT2D eigenvalue weighted by atomic mass is 16.6. The summed E-state index contributed by atoms with van der Waals surface area (Å²) in [7, 11) is 0. The molecule has 1 saturated heterocycles. The van der Waals surface area contributed by atoms with Crippen molar-refractivity contribution >= 4 is 6.09 Å². The van der Waals surface area contributed by atoms with Crippen molar-refractivity contribution in [1.82, 2.24) is 15.0 Å². The van der Waals surface area contributed by atoms with Crippen LogP contribution in [0.5, 0.6) is 0 Å². The Morgan fingerprint density at radius 3 is 2.76 bits per heavy atom. The monoisotopic (exact) mass is 343 g/mol. The molecule has 134 valence electrons.